The molecule has 1 rings (SSSR count). The van der Waals surface area contributed by atoms with E-state index in [1.807, 2.05) is 0 Å². The van der Waals surface area contributed by atoms with Crippen molar-refractivity contribution < 1.29 is 5.11 Å². The molecule has 0 heterocycles. The van der Waals surface area contributed by atoms with Crippen LogP contribution in [0.25, 0.3) is 0 Å². The van der Waals surface area contributed by atoms with Gasteiger partial charge in [-0.3, -0.25) is 0 Å². The first-order valence-electron chi connectivity index (χ1n) is 4.06. The number of rotatable bonds is 1. The van der Waals surface area contributed by atoms with Gasteiger partial charge in [-0.1, -0.05) is 6.92 Å². The van der Waals surface area contributed by atoms with Gasteiger partial charge in [0.1, 0.15) is 0 Å². The fourth-order valence-corrected chi connectivity index (χ4v) is 1.50. The van der Waals surface area contributed by atoms with Gasteiger partial charge in [-0.05, 0) is 31.6 Å². The van der Waals surface area contributed by atoms with Crippen molar-refractivity contribution in [2.75, 3.05) is 6.61 Å². The van der Waals surface area contributed by atoms with Crippen LogP contribution in [0.5, 0.6) is 0 Å². The average Bonchev–Trinajstić information content (AvgIpc) is 1.96. The standard InChI is InChI=1S/C8H17NO.ClH/c1-7-2-4-8(9,6-10)5-3-7;/h7,10H,2-6,9H2,1H3;1H. The van der Waals surface area contributed by atoms with Crippen molar-refractivity contribution in [3.63, 3.8) is 0 Å². The van der Waals surface area contributed by atoms with Gasteiger partial charge < -0.3 is 10.8 Å². The second-order valence-corrected chi connectivity index (χ2v) is 3.70. The Morgan fingerprint density at radius 2 is 1.91 bits per heavy atom. The smallest absolute Gasteiger partial charge is 0.0611 e. The molecule has 1 aliphatic rings. The number of aliphatic hydroxyl groups excluding tert-OH is 1. The fourth-order valence-electron chi connectivity index (χ4n) is 1.50. The molecule has 0 unspecified atom stereocenters. The normalized spacial score (nSPS) is 37.9. The molecule has 3 heteroatoms. The molecule has 0 saturated heterocycles. The monoisotopic (exact) mass is 179 g/mol. The summed E-state index contributed by atoms with van der Waals surface area (Å²) >= 11 is 0. The third-order valence-corrected chi connectivity index (χ3v) is 2.58. The predicted molar refractivity (Wildman–Crippen MR) is 48.9 cm³/mol. The van der Waals surface area contributed by atoms with Crippen LogP contribution in [0, 0.1) is 5.92 Å². The SMILES string of the molecule is CC1CCC(N)(CO)CC1.Cl. The van der Waals surface area contributed by atoms with Crippen LogP contribution in [0.4, 0.5) is 0 Å². The Balaban J connectivity index is 0.000001000. The summed E-state index contributed by atoms with van der Waals surface area (Å²) in [6.07, 6.45) is 4.34. The van der Waals surface area contributed by atoms with Crippen LogP contribution < -0.4 is 5.73 Å². The van der Waals surface area contributed by atoms with Crippen molar-refractivity contribution in [3.8, 4) is 0 Å². The van der Waals surface area contributed by atoms with E-state index >= 15 is 0 Å². The number of hydrogen-bond donors (Lipinski definition) is 2. The summed E-state index contributed by atoms with van der Waals surface area (Å²) in [6.45, 7) is 2.40. The van der Waals surface area contributed by atoms with Gasteiger partial charge in [0.15, 0.2) is 0 Å². The molecule has 0 aromatic carbocycles. The average molecular weight is 180 g/mol. The summed E-state index contributed by atoms with van der Waals surface area (Å²) in [7, 11) is 0. The van der Waals surface area contributed by atoms with Gasteiger partial charge in [-0.15, -0.1) is 12.4 Å². The van der Waals surface area contributed by atoms with E-state index in [1.54, 1.807) is 0 Å². The van der Waals surface area contributed by atoms with Crippen LogP contribution in [-0.4, -0.2) is 17.3 Å². The molecule has 1 aliphatic carbocycles. The van der Waals surface area contributed by atoms with Crippen molar-refractivity contribution in [1.29, 1.82) is 0 Å². The molecular weight excluding hydrogens is 162 g/mol. The Kier molecular flexibility index (Phi) is 4.37. The molecule has 0 aromatic rings. The van der Waals surface area contributed by atoms with Gasteiger partial charge in [0.25, 0.3) is 0 Å². The molecule has 68 valence electrons. The number of nitrogens with two attached hydrogens (primary N) is 1. The summed E-state index contributed by atoms with van der Waals surface area (Å²) in [5, 5.41) is 8.91. The van der Waals surface area contributed by atoms with E-state index in [9.17, 15) is 0 Å². The van der Waals surface area contributed by atoms with E-state index in [4.69, 9.17) is 10.8 Å². The third-order valence-electron chi connectivity index (χ3n) is 2.58. The molecule has 0 bridgehead atoms. The Bertz CT molecular complexity index is 111. The molecule has 0 radical (unpaired) electrons. The zero-order valence-electron chi connectivity index (χ0n) is 7.05. The van der Waals surface area contributed by atoms with Gasteiger partial charge in [0.05, 0.1) is 6.61 Å². The van der Waals surface area contributed by atoms with E-state index < -0.39 is 0 Å². The first kappa shape index (κ1) is 11.2. The highest BCUT2D eigenvalue weighted by atomic mass is 35.5. The van der Waals surface area contributed by atoms with E-state index in [2.05, 4.69) is 6.92 Å². The van der Waals surface area contributed by atoms with Gasteiger partial charge in [-0.25, -0.2) is 0 Å². The molecule has 1 saturated carbocycles. The Morgan fingerprint density at radius 1 is 1.45 bits per heavy atom. The maximum absolute atomic E-state index is 8.91. The molecule has 0 aliphatic heterocycles. The molecule has 11 heavy (non-hydrogen) atoms. The van der Waals surface area contributed by atoms with E-state index in [-0.39, 0.29) is 24.6 Å². The number of hydrogen-bond acceptors (Lipinski definition) is 2. The van der Waals surface area contributed by atoms with Gasteiger partial charge in [-0.2, -0.15) is 0 Å². The van der Waals surface area contributed by atoms with Crippen LogP contribution in [0.2, 0.25) is 0 Å². The Morgan fingerprint density at radius 3 is 2.27 bits per heavy atom. The van der Waals surface area contributed by atoms with E-state index in [1.165, 1.54) is 12.8 Å². The van der Waals surface area contributed by atoms with Crippen LogP contribution in [0.3, 0.4) is 0 Å². The van der Waals surface area contributed by atoms with Crippen LogP contribution in [0.1, 0.15) is 32.6 Å². The quantitative estimate of drug-likeness (QED) is 0.638. The molecule has 0 aromatic heterocycles. The van der Waals surface area contributed by atoms with Crippen molar-refractivity contribution in [1.82, 2.24) is 0 Å². The van der Waals surface area contributed by atoms with Crippen molar-refractivity contribution in [2.24, 2.45) is 11.7 Å². The molecule has 2 nitrogen and oxygen atoms in total. The highest BCUT2D eigenvalue weighted by molar-refractivity contribution is 5.85. The fraction of sp³-hybridized carbons (Fsp3) is 1.00. The zero-order valence-corrected chi connectivity index (χ0v) is 7.86. The summed E-state index contributed by atoms with van der Waals surface area (Å²) in [5.41, 5.74) is 5.63. The second-order valence-electron chi connectivity index (χ2n) is 3.70. The van der Waals surface area contributed by atoms with Crippen molar-refractivity contribution >= 4 is 12.4 Å². The van der Waals surface area contributed by atoms with Crippen LogP contribution in [-0.2, 0) is 0 Å². The van der Waals surface area contributed by atoms with Gasteiger partial charge in [0, 0.05) is 5.54 Å². The lowest BCUT2D eigenvalue weighted by Crippen LogP contribution is -2.46. The van der Waals surface area contributed by atoms with E-state index in [0.717, 1.165) is 18.8 Å². The molecule has 0 atom stereocenters. The second kappa shape index (κ2) is 4.29. The summed E-state index contributed by atoms with van der Waals surface area (Å²) in [6, 6.07) is 0. The molecular formula is C8H18ClNO. The Hall–Kier alpha value is 0.210. The first-order valence-corrected chi connectivity index (χ1v) is 4.06. The minimum Gasteiger partial charge on any atom is -0.394 e. The van der Waals surface area contributed by atoms with Crippen LogP contribution >= 0.6 is 12.4 Å². The third kappa shape index (κ3) is 2.97. The van der Waals surface area contributed by atoms with Crippen molar-refractivity contribution in [2.45, 2.75) is 38.1 Å². The van der Waals surface area contributed by atoms with E-state index in [0.29, 0.717) is 0 Å². The largest absolute Gasteiger partial charge is 0.394 e. The highest BCUT2D eigenvalue weighted by Crippen LogP contribution is 2.29. The predicted octanol–water partition coefficient (Wildman–Crippen LogP) is 1.31. The maximum Gasteiger partial charge on any atom is 0.0611 e. The minimum absolute atomic E-state index is 0. The summed E-state index contributed by atoms with van der Waals surface area (Å²) < 4.78 is 0. The topological polar surface area (TPSA) is 46.2 Å². The number of halogens is 1. The first-order chi connectivity index (χ1) is 4.66. The van der Waals surface area contributed by atoms with Gasteiger partial charge >= 0.3 is 0 Å². The van der Waals surface area contributed by atoms with Gasteiger partial charge in [0.2, 0.25) is 0 Å². The lowest BCUT2D eigenvalue weighted by atomic mass is 9.78. The highest BCUT2D eigenvalue weighted by Gasteiger charge is 2.28. The molecule has 0 spiro atoms. The lowest BCUT2D eigenvalue weighted by Gasteiger charge is -2.34. The minimum atomic E-state index is -0.244. The van der Waals surface area contributed by atoms with Crippen molar-refractivity contribution in [3.05, 3.63) is 0 Å². The molecule has 0 amide bonds. The lowest BCUT2D eigenvalue weighted by molar-refractivity contribution is 0.140. The summed E-state index contributed by atoms with van der Waals surface area (Å²) in [5.74, 6) is 0.809. The summed E-state index contributed by atoms with van der Waals surface area (Å²) in [4.78, 5) is 0. The van der Waals surface area contributed by atoms with Crippen LogP contribution in [0.15, 0.2) is 0 Å². The Labute approximate surface area is 74.6 Å². The zero-order chi connectivity index (χ0) is 7.61. The molecule has 1 fully saturated rings. The molecule has 3 N–H and O–H groups in total. The number of aliphatic hydroxyl groups is 1. The maximum atomic E-state index is 8.91.